The van der Waals surface area contributed by atoms with Gasteiger partial charge in [-0.05, 0) is 46.5 Å². The number of fused-ring (bicyclic) bond motifs is 2. The monoisotopic (exact) mass is 594 g/mol. The molecule has 0 aliphatic rings. The Labute approximate surface area is 237 Å². The first kappa shape index (κ1) is 32.0. The summed E-state index contributed by atoms with van der Waals surface area (Å²) in [5.74, 6) is -2.67. The molecule has 0 saturated carbocycles. The van der Waals surface area contributed by atoms with Gasteiger partial charge in [0.15, 0.2) is 0 Å². The highest BCUT2D eigenvalue weighted by atomic mass is 19.4. The number of benzene rings is 4. The zero-order valence-corrected chi connectivity index (χ0v) is 22.7. The van der Waals surface area contributed by atoms with Gasteiger partial charge in [-0.15, -0.1) is 0 Å². The Balaban J connectivity index is 0.000000230. The second-order valence-electron chi connectivity index (χ2n) is 8.94. The molecule has 0 bridgehead atoms. The predicted octanol–water partition coefficient (Wildman–Crippen LogP) is 6.14. The molecule has 2 amide bonds. The van der Waals surface area contributed by atoms with Crippen molar-refractivity contribution in [2.24, 2.45) is 0 Å². The van der Waals surface area contributed by atoms with E-state index in [2.05, 4.69) is 0 Å². The van der Waals surface area contributed by atoms with Gasteiger partial charge in [-0.3, -0.25) is 9.59 Å². The molecular formula is C30H28F6N2O4. The second-order valence-corrected chi connectivity index (χ2v) is 8.94. The largest absolute Gasteiger partial charge is 0.496 e. The molecule has 0 saturated heterocycles. The number of hydrogen-bond acceptors (Lipinski definition) is 4. The van der Waals surface area contributed by atoms with Gasteiger partial charge in [-0.1, -0.05) is 60.7 Å². The molecule has 0 heterocycles. The van der Waals surface area contributed by atoms with Crippen LogP contribution in [0.5, 0.6) is 11.5 Å². The van der Waals surface area contributed by atoms with Crippen molar-refractivity contribution in [2.75, 3.05) is 27.3 Å². The summed E-state index contributed by atoms with van der Waals surface area (Å²) in [5.41, 5.74) is 1.55. The molecule has 12 heteroatoms. The maximum atomic E-state index is 12.1. The molecule has 4 aromatic carbocycles. The number of rotatable bonds is 8. The van der Waals surface area contributed by atoms with E-state index in [0.717, 1.165) is 32.7 Å². The Morgan fingerprint density at radius 2 is 0.952 bits per heavy atom. The van der Waals surface area contributed by atoms with Gasteiger partial charge in [-0.2, -0.15) is 26.3 Å². The Hall–Kier alpha value is -4.48. The number of alkyl halides is 6. The molecule has 4 rings (SSSR count). The van der Waals surface area contributed by atoms with Crippen LogP contribution in [0.2, 0.25) is 0 Å². The van der Waals surface area contributed by atoms with Crippen LogP contribution < -0.4 is 20.1 Å². The maximum absolute atomic E-state index is 12.1. The summed E-state index contributed by atoms with van der Waals surface area (Å²) in [4.78, 5) is 21.6. The minimum atomic E-state index is -4.86. The fourth-order valence-electron chi connectivity index (χ4n) is 4.33. The van der Waals surface area contributed by atoms with Gasteiger partial charge in [0.05, 0.1) is 14.2 Å². The van der Waals surface area contributed by atoms with Crippen LogP contribution in [0.1, 0.15) is 11.1 Å². The minimum absolute atomic E-state index is 0.108. The van der Waals surface area contributed by atoms with Crippen LogP contribution in [-0.2, 0) is 22.4 Å². The van der Waals surface area contributed by atoms with Gasteiger partial charge in [0.2, 0.25) is 0 Å². The Morgan fingerprint density at radius 1 is 0.595 bits per heavy atom. The van der Waals surface area contributed by atoms with Crippen LogP contribution >= 0.6 is 0 Å². The standard InChI is InChI=1S/2C15H14F3NO2/c2*1-21-13-7-6-10-4-2-3-5-11(10)12(13)8-9-19-14(20)15(16,17)18/h2*2-7H,8-9H2,1H3,(H,19,20). The molecule has 2 N–H and O–H groups in total. The van der Waals surface area contributed by atoms with E-state index in [0.29, 0.717) is 11.5 Å². The Bertz CT molecular complexity index is 1420. The van der Waals surface area contributed by atoms with Gasteiger partial charge in [0.25, 0.3) is 0 Å². The summed E-state index contributed by atoms with van der Waals surface area (Å²) >= 11 is 0. The third-order valence-electron chi connectivity index (χ3n) is 6.27. The van der Waals surface area contributed by atoms with E-state index in [4.69, 9.17) is 9.47 Å². The van der Waals surface area contributed by atoms with Gasteiger partial charge in [0.1, 0.15) is 11.5 Å². The summed E-state index contributed by atoms with van der Waals surface area (Å²) < 4.78 is 83.3. The number of ether oxygens (including phenoxy) is 2. The molecule has 0 spiro atoms. The summed E-state index contributed by atoms with van der Waals surface area (Å²) in [5, 5.41) is 7.47. The molecule has 0 unspecified atom stereocenters. The highest BCUT2D eigenvalue weighted by Gasteiger charge is 2.38. The van der Waals surface area contributed by atoms with E-state index in [1.165, 1.54) is 14.2 Å². The van der Waals surface area contributed by atoms with Crippen LogP contribution in [0.3, 0.4) is 0 Å². The van der Waals surface area contributed by atoms with Crippen molar-refractivity contribution in [2.45, 2.75) is 25.2 Å². The fraction of sp³-hybridized carbons (Fsp3) is 0.267. The van der Waals surface area contributed by atoms with Crippen molar-refractivity contribution < 1.29 is 45.4 Å². The lowest BCUT2D eigenvalue weighted by atomic mass is 10.0. The van der Waals surface area contributed by atoms with E-state index in [-0.39, 0.29) is 25.9 Å². The SMILES string of the molecule is COc1ccc2ccccc2c1CCNC(=O)C(F)(F)F.COc1ccc2ccccc2c1CCNC(=O)C(F)(F)F. The van der Waals surface area contributed by atoms with Crippen molar-refractivity contribution in [3.8, 4) is 11.5 Å². The lowest BCUT2D eigenvalue weighted by molar-refractivity contribution is -0.173. The van der Waals surface area contributed by atoms with Crippen LogP contribution in [0.4, 0.5) is 26.3 Å². The molecule has 42 heavy (non-hydrogen) atoms. The van der Waals surface area contributed by atoms with Crippen molar-refractivity contribution >= 4 is 33.4 Å². The summed E-state index contributed by atoms with van der Waals surface area (Å²) in [6, 6.07) is 22.3. The van der Waals surface area contributed by atoms with E-state index in [1.807, 2.05) is 71.3 Å². The number of carbonyl (C=O) groups excluding carboxylic acids is 2. The number of hydrogen-bond donors (Lipinski definition) is 2. The third kappa shape index (κ3) is 8.27. The molecule has 0 radical (unpaired) electrons. The lowest BCUT2D eigenvalue weighted by Gasteiger charge is -2.13. The quantitative estimate of drug-likeness (QED) is 0.241. The summed E-state index contributed by atoms with van der Waals surface area (Å²) in [6.45, 7) is -0.217. The number of amides is 2. The van der Waals surface area contributed by atoms with Gasteiger partial charge < -0.3 is 20.1 Å². The van der Waals surface area contributed by atoms with Crippen molar-refractivity contribution in [3.63, 3.8) is 0 Å². The maximum Gasteiger partial charge on any atom is 0.471 e. The van der Waals surface area contributed by atoms with E-state index >= 15 is 0 Å². The number of nitrogens with one attached hydrogen (secondary N) is 2. The van der Waals surface area contributed by atoms with Crippen LogP contribution in [0.15, 0.2) is 72.8 Å². The normalized spacial score (nSPS) is 11.4. The number of carbonyl (C=O) groups is 2. The first-order valence-corrected chi connectivity index (χ1v) is 12.7. The Morgan fingerprint density at radius 3 is 1.29 bits per heavy atom. The van der Waals surface area contributed by atoms with E-state index in [9.17, 15) is 35.9 Å². The summed E-state index contributed by atoms with van der Waals surface area (Å²) in [7, 11) is 3.00. The zero-order chi connectivity index (χ0) is 30.9. The molecule has 0 aliphatic carbocycles. The number of halogens is 6. The van der Waals surface area contributed by atoms with E-state index < -0.39 is 24.2 Å². The topological polar surface area (TPSA) is 76.7 Å². The third-order valence-corrected chi connectivity index (χ3v) is 6.27. The average molecular weight is 595 g/mol. The van der Waals surface area contributed by atoms with Crippen molar-refractivity contribution in [1.82, 2.24) is 10.6 Å². The van der Waals surface area contributed by atoms with Crippen molar-refractivity contribution in [3.05, 3.63) is 83.9 Å². The predicted molar refractivity (Wildman–Crippen MR) is 147 cm³/mol. The average Bonchev–Trinajstić information content (AvgIpc) is 2.96. The Kier molecular flexibility index (Phi) is 10.6. The van der Waals surface area contributed by atoms with Gasteiger partial charge in [-0.25, -0.2) is 0 Å². The van der Waals surface area contributed by atoms with Gasteiger partial charge in [0, 0.05) is 24.2 Å². The molecule has 0 aromatic heterocycles. The first-order chi connectivity index (χ1) is 19.9. The molecule has 0 fully saturated rings. The molecule has 0 atom stereocenters. The lowest BCUT2D eigenvalue weighted by Crippen LogP contribution is -2.37. The fourth-order valence-corrected chi connectivity index (χ4v) is 4.33. The molecule has 4 aromatic rings. The van der Waals surface area contributed by atoms with Crippen molar-refractivity contribution in [1.29, 1.82) is 0 Å². The molecule has 6 nitrogen and oxygen atoms in total. The van der Waals surface area contributed by atoms with Crippen LogP contribution in [-0.4, -0.2) is 51.5 Å². The minimum Gasteiger partial charge on any atom is -0.496 e. The van der Waals surface area contributed by atoms with Gasteiger partial charge >= 0.3 is 24.2 Å². The zero-order valence-electron chi connectivity index (χ0n) is 22.7. The molecular weight excluding hydrogens is 566 g/mol. The van der Waals surface area contributed by atoms with Crippen LogP contribution in [0, 0.1) is 0 Å². The number of methoxy groups -OCH3 is 2. The smallest absolute Gasteiger partial charge is 0.471 e. The highest BCUT2D eigenvalue weighted by molar-refractivity contribution is 5.89. The van der Waals surface area contributed by atoms with E-state index in [1.54, 1.807) is 12.1 Å². The molecule has 224 valence electrons. The highest BCUT2D eigenvalue weighted by Crippen LogP contribution is 2.29. The molecule has 0 aliphatic heterocycles. The first-order valence-electron chi connectivity index (χ1n) is 12.7. The second kappa shape index (κ2) is 13.9. The summed E-state index contributed by atoms with van der Waals surface area (Å²) in [6.07, 6.45) is -9.20. The van der Waals surface area contributed by atoms with Crippen LogP contribution in [0.25, 0.3) is 21.5 Å².